The molecular weight excluding hydrogens is 454 g/mol. The molecule has 36 heavy (non-hydrogen) atoms. The number of carbonyl (C=O) groups is 3. The van der Waals surface area contributed by atoms with Crippen molar-refractivity contribution in [2.75, 3.05) is 7.05 Å². The largest absolute Gasteiger partial charge is 0.444 e. The zero-order chi connectivity index (χ0) is 26.9. The van der Waals surface area contributed by atoms with Crippen molar-refractivity contribution < 1.29 is 19.1 Å². The summed E-state index contributed by atoms with van der Waals surface area (Å²) < 4.78 is 5.43. The lowest BCUT2D eigenvalue weighted by atomic mass is 9.97. The van der Waals surface area contributed by atoms with Gasteiger partial charge in [0.2, 0.25) is 11.8 Å². The molecule has 2 rings (SSSR count). The molecule has 2 aromatic rings. The molecule has 196 valence electrons. The van der Waals surface area contributed by atoms with Gasteiger partial charge in [0, 0.05) is 19.5 Å². The van der Waals surface area contributed by atoms with Crippen LogP contribution < -0.4 is 10.6 Å². The Morgan fingerprint density at radius 3 is 2.17 bits per heavy atom. The SMILES string of the molecule is CCCC(C)NC(=O)C(c1ccccc1C)N(C)C(=O)C(Cc1ccccc1)NC(=O)OC(C)(C)C. The Kier molecular flexibility index (Phi) is 10.5. The lowest BCUT2D eigenvalue weighted by molar-refractivity contribution is -0.141. The van der Waals surface area contributed by atoms with Crippen LogP contribution in [0.25, 0.3) is 0 Å². The van der Waals surface area contributed by atoms with Crippen LogP contribution in [0.5, 0.6) is 0 Å². The summed E-state index contributed by atoms with van der Waals surface area (Å²) in [5.74, 6) is -0.631. The zero-order valence-electron chi connectivity index (χ0n) is 22.6. The lowest BCUT2D eigenvalue weighted by Gasteiger charge is -2.33. The third-order valence-electron chi connectivity index (χ3n) is 5.85. The quantitative estimate of drug-likeness (QED) is 0.489. The Labute approximate surface area is 215 Å². The lowest BCUT2D eigenvalue weighted by Crippen LogP contribution is -2.53. The molecule has 7 nitrogen and oxygen atoms in total. The minimum Gasteiger partial charge on any atom is -0.444 e. The van der Waals surface area contributed by atoms with Gasteiger partial charge < -0.3 is 20.3 Å². The summed E-state index contributed by atoms with van der Waals surface area (Å²) in [4.78, 5) is 41.4. The van der Waals surface area contributed by atoms with Crippen LogP contribution >= 0.6 is 0 Å². The van der Waals surface area contributed by atoms with Crippen LogP contribution in [0.2, 0.25) is 0 Å². The van der Waals surface area contributed by atoms with E-state index in [0.29, 0.717) is 0 Å². The van der Waals surface area contributed by atoms with E-state index in [1.165, 1.54) is 4.90 Å². The zero-order valence-corrected chi connectivity index (χ0v) is 22.6. The van der Waals surface area contributed by atoms with E-state index >= 15 is 0 Å². The first kappa shape index (κ1) is 28.9. The maximum Gasteiger partial charge on any atom is 0.408 e. The smallest absolute Gasteiger partial charge is 0.408 e. The van der Waals surface area contributed by atoms with Gasteiger partial charge in [0.1, 0.15) is 17.7 Å². The van der Waals surface area contributed by atoms with Crippen molar-refractivity contribution in [3.05, 3.63) is 71.3 Å². The highest BCUT2D eigenvalue weighted by atomic mass is 16.6. The third-order valence-corrected chi connectivity index (χ3v) is 5.85. The Balaban J connectivity index is 2.40. The average molecular weight is 496 g/mol. The molecule has 0 aliphatic rings. The van der Waals surface area contributed by atoms with Gasteiger partial charge in [-0.1, -0.05) is 67.9 Å². The highest BCUT2D eigenvalue weighted by Gasteiger charge is 2.35. The van der Waals surface area contributed by atoms with Crippen LogP contribution in [0.15, 0.2) is 54.6 Å². The molecule has 0 fully saturated rings. The summed E-state index contributed by atoms with van der Waals surface area (Å²) in [7, 11) is 1.61. The summed E-state index contributed by atoms with van der Waals surface area (Å²) >= 11 is 0. The molecule has 0 spiro atoms. The molecule has 0 radical (unpaired) electrons. The number of benzene rings is 2. The van der Waals surface area contributed by atoms with Crippen LogP contribution in [-0.4, -0.2) is 47.5 Å². The highest BCUT2D eigenvalue weighted by molar-refractivity contribution is 5.92. The fraction of sp³-hybridized carbons (Fsp3) is 0.483. The second-order valence-corrected chi connectivity index (χ2v) is 10.3. The van der Waals surface area contributed by atoms with Crippen LogP contribution in [0.1, 0.15) is 70.2 Å². The van der Waals surface area contributed by atoms with Crippen LogP contribution in [-0.2, 0) is 20.7 Å². The molecule has 0 aliphatic carbocycles. The maximum absolute atomic E-state index is 13.9. The van der Waals surface area contributed by atoms with Gasteiger partial charge in [-0.3, -0.25) is 9.59 Å². The van der Waals surface area contributed by atoms with Gasteiger partial charge in [-0.25, -0.2) is 4.79 Å². The first-order valence-electron chi connectivity index (χ1n) is 12.6. The highest BCUT2D eigenvalue weighted by Crippen LogP contribution is 2.25. The van der Waals surface area contributed by atoms with Crippen LogP contribution in [0.3, 0.4) is 0 Å². The maximum atomic E-state index is 13.9. The fourth-order valence-electron chi connectivity index (χ4n) is 4.12. The van der Waals surface area contributed by atoms with Crippen molar-refractivity contribution in [2.45, 2.75) is 84.5 Å². The molecule has 3 atom stereocenters. The second-order valence-electron chi connectivity index (χ2n) is 10.3. The number of hydrogen-bond donors (Lipinski definition) is 2. The number of likely N-dealkylation sites (N-methyl/N-ethyl adjacent to an activating group) is 1. The van der Waals surface area contributed by atoms with Crippen molar-refractivity contribution in [1.82, 2.24) is 15.5 Å². The number of nitrogens with zero attached hydrogens (tertiary/aromatic N) is 1. The van der Waals surface area contributed by atoms with E-state index in [1.54, 1.807) is 27.8 Å². The van der Waals surface area contributed by atoms with Crippen molar-refractivity contribution in [3.8, 4) is 0 Å². The predicted molar refractivity (Wildman–Crippen MR) is 143 cm³/mol. The van der Waals surface area contributed by atoms with Crippen molar-refractivity contribution in [3.63, 3.8) is 0 Å². The van der Waals surface area contributed by atoms with Crippen molar-refractivity contribution in [2.24, 2.45) is 0 Å². The molecule has 7 heteroatoms. The molecule has 0 aliphatic heterocycles. The molecule has 3 amide bonds. The molecule has 2 aromatic carbocycles. The van der Waals surface area contributed by atoms with Gasteiger partial charge in [-0.05, 0) is 57.7 Å². The second kappa shape index (κ2) is 13.1. The standard InChI is InChI=1S/C29H41N3O4/c1-8-14-21(3)30-26(33)25(23-18-13-12-15-20(23)2)32(7)27(34)24(19-22-16-10-9-11-17-22)31-28(35)36-29(4,5)6/h9-13,15-18,21,24-25H,8,14,19H2,1-7H3,(H,30,33)(H,31,35). The molecule has 3 unspecified atom stereocenters. The van der Waals surface area contributed by atoms with E-state index < -0.39 is 23.8 Å². The third kappa shape index (κ3) is 8.70. The molecular formula is C29H41N3O4. The van der Waals surface area contributed by atoms with Crippen molar-refractivity contribution in [1.29, 1.82) is 0 Å². The first-order valence-corrected chi connectivity index (χ1v) is 12.6. The summed E-state index contributed by atoms with van der Waals surface area (Å²) in [6.07, 6.45) is 1.35. The normalized spacial score (nSPS) is 13.8. The van der Waals surface area contributed by atoms with E-state index in [9.17, 15) is 14.4 Å². The van der Waals surface area contributed by atoms with E-state index in [2.05, 4.69) is 17.6 Å². The monoisotopic (exact) mass is 495 g/mol. The minimum atomic E-state index is -0.917. The average Bonchev–Trinajstić information content (AvgIpc) is 2.79. The first-order chi connectivity index (χ1) is 16.9. The number of aryl methyl sites for hydroxylation is 1. The number of nitrogens with one attached hydrogen (secondary N) is 2. The number of hydrogen-bond acceptors (Lipinski definition) is 4. The number of alkyl carbamates (subject to hydrolysis) is 1. The fourth-order valence-corrected chi connectivity index (χ4v) is 4.12. The Morgan fingerprint density at radius 1 is 0.972 bits per heavy atom. The molecule has 0 bridgehead atoms. The van der Waals surface area contributed by atoms with Crippen LogP contribution in [0, 0.1) is 6.92 Å². The van der Waals surface area contributed by atoms with Crippen LogP contribution in [0.4, 0.5) is 4.79 Å². The van der Waals surface area contributed by atoms with Gasteiger partial charge >= 0.3 is 6.09 Å². The Bertz CT molecular complexity index is 1020. The topological polar surface area (TPSA) is 87.7 Å². The van der Waals surface area contributed by atoms with E-state index in [-0.39, 0.29) is 24.3 Å². The molecule has 0 saturated carbocycles. The van der Waals surface area contributed by atoms with E-state index in [0.717, 1.165) is 29.5 Å². The van der Waals surface area contributed by atoms with Crippen molar-refractivity contribution >= 4 is 17.9 Å². The summed E-state index contributed by atoms with van der Waals surface area (Å²) in [5, 5.41) is 5.80. The van der Waals surface area contributed by atoms with E-state index in [4.69, 9.17) is 4.74 Å². The molecule has 0 aromatic heterocycles. The number of rotatable bonds is 10. The minimum absolute atomic E-state index is 0.0301. The number of carbonyl (C=O) groups excluding carboxylic acids is 3. The summed E-state index contributed by atoms with van der Waals surface area (Å²) in [5.41, 5.74) is 1.81. The van der Waals surface area contributed by atoms with Gasteiger partial charge in [0.15, 0.2) is 0 Å². The number of ether oxygens (including phenoxy) is 1. The predicted octanol–water partition coefficient (Wildman–Crippen LogP) is 4.94. The molecule has 2 N–H and O–H groups in total. The number of amides is 3. The van der Waals surface area contributed by atoms with Gasteiger partial charge in [-0.15, -0.1) is 0 Å². The Hall–Kier alpha value is -3.35. The van der Waals surface area contributed by atoms with Gasteiger partial charge in [0.25, 0.3) is 0 Å². The molecule has 0 saturated heterocycles. The Morgan fingerprint density at radius 2 is 1.58 bits per heavy atom. The summed E-state index contributed by atoms with van der Waals surface area (Å²) in [6.45, 7) is 11.2. The van der Waals surface area contributed by atoms with Gasteiger partial charge in [0.05, 0.1) is 0 Å². The summed E-state index contributed by atoms with van der Waals surface area (Å²) in [6, 6.07) is 15.2. The van der Waals surface area contributed by atoms with E-state index in [1.807, 2.05) is 68.4 Å². The van der Waals surface area contributed by atoms with Gasteiger partial charge in [-0.2, -0.15) is 0 Å². The molecule has 0 heterocycles.